The molecule has 4 nitrogen and oxygen atoms in total. The van der Waals surface area contributed by atoms with Crippen LogP contribution in [0.15, 0.2) is 17.5 Å². The van der Waals surface area contributed by atoms with Crippen molar-refractivity contribution in [1.82, 2.24) is 0 Å². The molecule has 17 heavy (non-hydrogen) atoms. The van der Waals surface area contributed by atoms with Gasteiger partial charge in [0.05, 0.1) is 31.6 Å². The molecule has 0 aliphatic rings. The van der Waals surface area contributed by atoms with Crippen molar-refractivity contribution in [3.05, 3.63) is 22.4 Å². The van der Waals surface area contributed by atoms with E-state index in [0.29, 0.717) is 0 Å². The van der Waals surface area contributed by atoms with Gasteiger partial charge in [0.25, 0.3) is 0 Å². The van der Waals surface area contributed by atoms with Crippen molar-refractivity contribution in [3.8, 4) is 0 Å². The number of rotatable bonds is 6. The van der Waals surface area contributed by atoms with Crippen molar-refractivity contribution in [1.29, 1.82) is 0 Å². The zero-order valence-electron chi connectivity index (χ0n) is 9.67. The summed E-state index contributed by atoms with van der Waals surface area (Å²) < 4.78 is 9.22. The second kappa shape index (κ2) is 7.34. The van der Waals surface area contributed by atoms with Crippen LogP contribution in [-0.4, -0.2) is 31.9 Å². The third-order valence-electron chi connectivity index (χ3n) is 2.07. The number of carbonyl (C=O) groups excluding carboxylic acids is 2. The van der Waals surface area contributed by atoms with Crippen molar-refractivity contribution in [2.24, 2.45) is 0 Å². The Balaban J connectivity index is 2.60. The number of methoxy groups -OCH3 is 2. The SMILES string of the molecule is COC(=O)CSC(CC(=O)OC)c1cccs1. The van der Waals surface area contributed by atoms with E-state index in [2.05, 4.69) is 9.47 Å². The molecule has 0 radical (unpaired) electrons. The summed E-state index contributed by atoms with van der Waals surface area (Å²) in [5.41, 5.74) is 0. The molecule has 94 valence electrons. The third-order valence-corrected chi connectivity index (χ3v) is 4.43. The minimum absolute atomic E-state index is 0.0541. The van der Waals surface area contributed by atoms with E-state index in [4.69, 9.17) is 0 Å². The summed E-state index contributed by atoms with van der Waals surface area (Å²) in [4.78, 5) is 23.4. The van der Waals surface area contributed by atoms with Crippen molar-refractivity contribution in [2.75, 3.05) is 20.0 Å². The molecule has 0 saturated heterocycles. The molecule has 0 aliphatic carbocycles. The zero-order chi connectivity index (χ0) is 12.7. The normalized spacial score (nSPS) is 11.9. The highest BCUT2D eigenvalue weighted by atomic mass is 32.2. The van der Waals surface area contributed by atoms with Crippen LogP contribution in [-0.2, 0) is 19.1 Å². The molecule has 1 aromatic rings. The Morgan fingerprint density at radius 3 is 2.59 bits per heavy atom. The largest absolute Gasteiger partial charge is 0.469 e. The summed E-state index contributed by atoms with van der Waals surface area (Å²) in [6.07, 6.45) is 0.263. The number of carbonyl (C=O) groups is 2. The van der Waals surface area contributed by atoms with Crippen molar-refractivity contribution in [2.45, 2.75) is 11.7 Å². The number of hydrogen-bond donors (Lipinski definition) is 0. The Morgan fingerprint density at radius 2 is 2.06 bits per heavy atom. The molecule has 1 aromatic heterocycles. The fourth-order valence-corrected chi connectivity index (χ4v) is 3.21. The predicted octanol–water partition coefficient (Wildman–Crippen LogP) is 2.26. The Bertz CT molecular complexity index is 362. The molecule has 0 fully saturated rings. The predicted molar refractivity (Wildman–Crippen MR) is 68.2 cm³/mol. The van der Waals surface area contributed by atoms with Crippen molar-refractivity contribution < 1.29 is 19.1 Å². The lowest BCUT2D eigenvalue weighted by atomic mass is 10.2. The van der Waals surface area contributed by atoms with Gasteiger partial charge in [0.15, 0.2) is 0 Å². The first-order valence-corrected chi connectivity index (χ1v) is 6.88. The van der Waals surface area contributed by atoms with E-state index in [0.717, 1.165) is 4.88 Å². The molecule has 0 saturated carbocycles. The molecular formula is C11H14O4S2. The van der Waals surface area contributed by atoms with Crippen molar-refractivity contribution >= 4 is 35.0 Å². The molecule has 0 N–H and O–H groups in total. The zero-order valence-corrected chi connectivity index (χ0v) is 11.3. The highest BCUT2D eigenvalue weighted by Crippen LogP contribution is 2.35. The summed E-state index contributed by atoms with van der Waals surface area (Å²) in [5, 5.41) is 1.89. The second-order valence-corrected chi connectivity index (χ2v) is 5.34. The molecule has 6 heteroatoms. The molecule has 0 amide bonds. The van der Waals surface area contributed by atoms with E-state index in [1.807, 2.05) is 17.5 Å². The van der Waals surface area contributed by atoms with E-state index < -0.39 is 0 Å². The topological polar surface area (TPSA) is 52.6 Å². The number of hydrogen-bond acceptors (Lipinski definition) is 6. The lowest BCUT2D eigenvalue weighted by Gasteiger charge is -2.12. The van der Waals surface area contributed by atoms with Gasteiger partial charge in [-0.3, -0.25) is 9.59 Å². The standard InChI is InChI=1S/C11H14O4S2/c1-14-10(12)6-9(8-4-3-5-16-8)17-7-11(13)15-2/h3-5,9H,6-7H2,1-2H3. The van der Waals surface area contributed by atoms with Gasteiger partial charge in [-0.15, -0.1) is 23.1 Å². The number of esters is 2. The maximum Gasteiger partial charge on any atom is 0.315 e. The molecule has 1 unspecified atom stereocenters. The van der Waals surface area contributed by atoms with E-state index in [1.54, 1.807) is 11.3 Å². The molecule has 1 heterocycles. The minimum atomic E-state index is -0.290. The van der Waals surface area contributed by atoms with Gasteiger partial charge in [0.2, 0.25) is 0 Å². The highest BCUT2D eigenvalue weighted by molar-refractivity contribution is 8.00. The molecule has 0 aliphatic heterocycles. The molecule has 0 bridgehead atoms. The van der Waals surface area contributed by atoms with Gasteiger partial charge in [-0.2, -0.15) is 0 Å². The molecule has 0 aromatic carbocycles. The molecular weight excluding hydrogens is 260 g/mol. The average Bonchev–Trinajstić information content (AvgIpc) is 2.87. The molecule has 1 atom stereocenters. The van der Waals surface area contributed by atoms with Gasteiger partial charge >= 0.3 is 11.9 Å². The van der Waals surface area contributed by atoms with Crippen LogP contribution < -0.4 is 0 Å². The number of ether oxygens (including phenoxy) is 2. The van der Waals surface area contributed by atoms with Gasteiger partial charge in [0.1, 0.15) is 0 Å². The van der Waals surface area contributed by atoms with E-state index in [9.17, 15) is 9.59 Å². The maximum atomic E-state index is 11.3. The van der Waals surface area contributed by atoms with Crippen molar-refractivity contribution in [3.63, 3.8) is 0 Å². The van der Waals surface area contributed by atoms with Crippen LogP contribution in [0.25, 0.3) is 0 Å². The Labute approximate surface area is 108 Å². The summed E-state index contributed by atoms with van der Waals surface area (Å²) in [5.74, 6) is -0.335. The first-order valence-electron chi connectivity index (χ1n) is 4.96. The van der Waals surface area contributed by atoms with Gasteiger partial charge < -0.3 is 9.47 Å². The first-order chi connectivity index (χ1) is 8.17. The van der Waals surface area contributed by atoms with Crippen LogP contribution in [0.5, 0.6) is 0 Å². The van der Waals surface area contributed by atoms with Gasteiger partial charge in [-0.1, -0.05) is 6.07 Å². The van der Waals surface area contributed by atoms with Gasteiger partial charge in [-0.25, -0.2) is 0 Å². The lowest BCUT2D eigenvalue weighted by Crippen LogP contribution is -2.09. The smallest absolute Gasteiger partial charge is 0.315 e. The summed E-state index contributed by atoms with van der Waals surface area (Å²) in [6, 6.07) is 3.87. The average molecular weight is 274 g/mol. The minimum Gasteiger partial charge on any atom is -0.469 e. The fourth-order valence-electron chi connectivity index (χ4n) is 1.18. The Kier molecular flexibility index (Phi) is 6.07. The van der Waals surface area contributed by atoms with E-state index in [-0.39, 0.29) is 29.4 Å². The summed E-state index contributed by atoms with van der Waals surface area (Å²) in [7, 11) is 2.71. The van der Waals surface area contributed by atoms with Gasteiger partial charge in [0, 0.05) is 4.88 Å². The van der Waals surface area contributed by atoms with Crippen LogP contribution in [0.1, 0.15) is 16.5 Å². The number of thioether (sulfide) groups is 1. The summed E-state index contributed by atoms with van der Waals surface area (Å²) >= 11 is 2.95. The maximum absolute atomic E-state index is 11.3. The quantitative estimate of drug-likeness (QED) is 0.745. The van der Waals surface area contributed by atoms with E-state index >= 15 is 0 Å². The third kappa shape index (κ3) is 4.79. The highest BCUT2D eigenvalue weighted by Gasteiger charge is 2.19. The van der Waals surface area contributed by atoms with Crippen LogP contribution in [0.2, 0.25) is 0 Å². The van der Waals surface area contributed by atoms with Gasteiger partial charge in [-0.05, 0) is 11.4 Å². The molecule has 0 spiro atoms. The van der Waals surface area contributed by atoms with E-state index in [1.165, 1.54) is 26.0 Å². The van der Waals surface area contributed by atoms with Crippen LogP contribution in [0, 0.1) is 0 Å². The summed E-state index contributed by atoms with van der Waals surface area (Å²) in [6.45, 7) is 0. The van der Waals surface area contributed by atoms with Crippen LogP contribution in [0.4, 0.5) is 0 Å². The molecule has 1 rings (SSSR count). The Hall–Kier alpha value is -1.01. The first kappa shape index (κ1) is 14.1. The Morgan fingerprint density at radius 1 is 1.35 bits per heavy atom. The van der Waals surface area contributed by atoms with Crippen LogP contribution in [0.3, 0.4) is 0 Å². The number of thiophene rings is 1. The monoisotopic (exact) mass is 274 g/mol. The second-order valence-electron chi connectivity index (χ2n) is 3.17. The van der Waals surface area contributed by atoms with Crippen LogP contribution >= 0.6 is 23.1 Å². The fraction of sp³-hybridized carbons (Fsp3) is 0.455. The lowest BCUT2D eigenvalue weighted by molar-refractivity contribution is -0.141.